The molecule has 1 saturated heterocycles. The first-order chi connectivity index (χ1) is 4.29. The molecule has 0 unspecified atom stereocenters. The van der Waals surface area contributed by atoms with Crippen LogP contribution in [-0.4, -0.2) is 24.2 Å². The molecule has 1 atom stereocenters. The quantitative estimate of drug-likeness (QED) is 0.536. The minimum Gasteiger partial charge on any atom is -0.450 e. The summed E-state index contributed by atoms with van der Waals surface area (Å²) in [6.07, 6.45) is -0.200. The molecule has 52 valence electrons. The predicted octanol–water partition coefficient (Wildman–Crippen LogP) is 0.817. The van der Waals surface area contributed by atoms with Gasteiger partial charge in [-0.25, -0.2) is 4.79 Å². The Morgan fingerprint density at radius 2 is 2.56 bits per heavy atom. The number of carbonyl (C=O) groups is 1. The molecule has 0 radical (unpaired) electrons. The molecule has 0 amide bonds. The topological polar surface area (TPSA) is 55.8 Å². The van der Waals surface area contributed by atoms with Crippen molar-refractivity contribution in [2.75, 3.05) is 6.61 Å². The Labute approximate surface area is 52.4 Å². The van der Waals surface area contributed by atoms with E-state index in [1.54, 1.807) is 0 Å². The molecule has 1 aliphatic heterocycles. The molecule has 1 fully saturated rings. The van der Waals surface area contributed by atoms with Gasteiger partial charge in [-0.2, -0.15) is 0 Å². The molecular weight excluding hydrogens is 124 g/mol. The van der Waals surface area contributed by atoms with E-state index >= 15 is 0 Å². The van der Waals surface area contributed by atoms with Gasteiger partial charge in [-0.1, -0.05) is 0 Å². The average molecular weight is 132 g/mol. The maximum Gasteiger partial charge on any atom is 0.508 e. The molecule has 0 bridgehead atoms. The van der Waals surface area contributed by atoms with Crippen LogP contribution in [0.3, 0.4) is 0 Å². The van der Waals surface area contributed by atoms with Crippen molar-refractivity contribution in [2.45, 2.75) is 19.1 Å². The van der Waals surface area contributed by atoms with Gasteiger partial charge in [0.2, 0.25) is 6.29 Å². The van der Waals surface area contributed by atoms with Gasteiger partial charge in [0.25, 0.3) is 0 Å². The van der Waals surface area contributed by atoms with Crippen molar-refractivity contribution in [1.82, 2.24) is 0 Å². The van der Waals surface area contributed by atoms with Crippen molar-refractivity contribution in [3.05, 3.63) is 0 Å². The Balaban J connectivity index is 2.19. The SMILES string of the molecule is O=C(O)O[C@H]1CCCO1. The lowest BCUT2D eigenvalue weighted by Gasteiger charge is -2.05. The third kappa shape index (κ3) is 1.89. The lowest BCUT2D eigenvalue weighted by molar-refractivity contribution is -0.0835. The first kappa shape index (κ1) is 6.35. The molecule has 1 heterocycles. The van der Waals surface area contributed by atoms with Crippen molar-refractivity contribution < 1.29 is 19.4 Å². The van der Waals surface area contributed by atoms with E-state index in [1.165, 1.54) is 0 Å². The van der Waals surface area contributed by atoms with Gasteiger partial charge in [0, 0.05) is 6.42 Å². The van der Waals surface area contributed by atoms with E-state index in [1.807, 2.05) is 0 Å². The lowest BCUT2D eigenvalue weighted by Crippen LogP contribution is -2.14. The first-order valence-electron chi connectivity index (χ1n) is 2.80. The Bertz CT molecular complexity index is 106. The summed E-state index contributed by atoms with van der Waals surface area (Å²) in [6.45, 7) is 0.609. The van der Waals surface area contributed by atoms with Crippen molar-refractivity contribution in [2.24, 2.45) is 0 Å². The van der Waals surface area contributed by atoms with Crippen LogP contribution in [0.1, 0.15) is 12.8 Å². The van der Waals surface area contributed by atoms with Gasteiger partial charge < -0.3 is 14.6 Å². The third-order valence-corrected chi connectivity index (χ3v) is 1.12. The number of hydrogen-bond acceptors (Lipinski definition) is 3. The maximum absolute atomic E-state index is 9.85. The summed E-state index contributed by atoms with van der Waals surface area (Å²) in [5, 5.41) is 8.07. The van der Waals surface area contributed by atoms with E-state index in [4.69, 9.17) is 9.84 Å². The van der Waals surface area contributed by atoms with E-state index < -0.39 is 12.4 Å². The van der Waals surface area contributed by atoms with Crippen LogP contribution in [0.25, 0.3) is 0 Å². The van der Waals surface area contributed by atoms with Crippen LogP contribution in [0, 0.1) is 0 Å². The highest BCUT2D eigenvalue weighted by molar-refractivity contribution is 5.56. The highest BCUT2D eigenvalue weighted by Gasteiger charge is 2.18. The summed E-state index contributed by atoms with van der Waals surface area (Å²) in [5.41, 5.74) is 0. The second-order valence-electron chi connectivity index (χ2n) is 1.83. The predicted molar refractivity (Wildman–Crippen MR) is 28.1 cm³/mol. The van der Waals surface area contributed by atoms with Crippen molar-refractivity contribution in [3.8, 4) is 0 Å². The molecular formula is C5H8O4. The normalized spacial score (nSPS) is 26.0. The highest BCUT2D eigenvalue weighted by Crippen LogP contribution is 2.12. The largest absolute Gasteiger partial charge is 0.508 e. The van der Waals surface area contributed by atoms with E-state index in [0.717, 1.165) is 6.42 Å². The Morgan fingerprint density at radius 3 is 3.00 bits per heavy atom. The maximum atomic E-state index is 9.85. The first-order valence-corrected chi connectivity index (χ1v) is 2.80. The fourth-order valence-corrected chi connectivity index (χ4v) is 0.754. The lowest BCUT2D eigenvalue weighted by atomic mass is 10.4. The van der Waals surface area contributed by atoms with E-state index in [0.29, 0.717) is 13.0 Å². The molecule has 0 aromatic heterocycles. The Hall–Kier alpha value is -0.770. The monoisotopic (exact) mass is 132 g/mol. The van der Waals surface area contributed by atoms with Crippen LogP contribution in [0.2, 0.25) is 0 Å². The molecule has 9 heavy (non-hydrogen) atoms. The molecule has 1 aliphatic rings. The molecule has 0 aliphatic carbocycles. The summed E-state index contributed by atoms with van der Waals surface area (Å²) < 4.78 is 9.17. The van der Waals surface area contributed by atoms with Gasteiger partial charge in [0.1, 0.15) is 0 Å². The number of carboxylic acid groups (broad SMARTS) is 1. The van der Waals surface area contributed by atoms with Gasteiger partial charge in [0.15, 0.2) is 0 Å². The molecule has 0 aromatic rings. The van der Waals surface area contributed by atoms with Gasteiger partial charge in [0.05, 0.1) is 6.61 Å². The summed E-state index contributed by atoms with van der Waals surface area (Å²) in [6, 6.07) is 0. The van der Waals surface area contributed by atoms with Crippen molar-refractivity contribution in [3.63, 3.8) is 0 Å². The fraction of sp³-hybridized carbons (Fsp3) is 0.800. The Kier molecular flexibility index (Phi) is 1.89. The fourth-order valence-electron chi connectivity index (χ4n) is 0.754. The highest BCUT2D eigenvalue weighted by atomic mass is 16.8. The summed E-state index contributed by atoms with van der Waals surface area (Å²) in [5.74, 6) is 0. The number of rotatable bonds is 1. The van der Waals surface area contributed by atoms with Crippen LogP contribution >= 0.6 is 0 Å². The smallest absolute Gasteiger partial charge is 0.450 e. The second-order valence-corrected chi connectivity index (χ2v) is 1.83. The molecule has 0 saturated carbocycles. The van der Waals surface area contributed by atoms with Gasteiger partial charge in [-0.15, -0.1) is 0 Å². The molecule has 1 rings (SSSR count). The molecule has 1 N–H and O–H groups in total. The zero-order chi connectivity index (χ0) is 6.69. The van der Waals surface area contributed by atoms with E-state index in [2.05, 4.69) is 4.74 Å². The minimum absolute atomic E-state index is 0.512. The molecule has 4 heteroatoms. The van der Waals surface area contributed by atoms with E-state index in [-0.39, 0.29) is 0 Å². The molecule has 0 aromatic carbocycles. The second kappa shape index (κ2) is 2.68. The zero-order valence-corrected chi connectivity index (χ0v) is 4.87. The Morgan fingerprint density at radius 1 is 1.78 bits per heavy atom. The van der Waals surface area contributed by atoms with Crippen LogP contribution < -0.4 is 0 Å². The molecule has 4 nitrogen and oxygen atoms in total. The van der Waals surface area contributed by atoms with Gasteiger partial charge in [-0.3, -0.25) is 0 Å². The van der Waals surface area contributed by atoms with Crippen molar-refractivity contribution in [1.29, 1.82) is 0 Å². The van der Waals surface area contributed by atoms with Crippen molar-refractivity contribution >= 4 is 6.16 Å². The van der Waals surface area contributed by atoms with Crippen LogP contribution in [-0.2, 0) is 9.47 Å². The van der Waals surface area contributed by atoms with Crippen LogP contribution in [0.15, 0.2) is 0 Å². The molecule has 0 spiro atoms. The summed E-state index contributed by atoms with van der Waals surface area (Å²) in [4.78, 5) is 9.85. The summed E-state index contributed by atoms with van der Waals surface area (Å²) >= 11 is 0. The number of hydrogen-bond donors (Lipinski definition) is 1. The van der Waals surface area contributed by atoms with E-state index in [9.17, 15) is 4.79 Å². The minimum atomic E-state index is -1.26. The van der Waals surface area contributed by atoms with Crippen LogP contribution in [0.4, 0.5) is 4.79 Å². The standard InChI is InChI=1S/C5H8O4/c6-5(7)9-4-2-1-3-8-4/h4H,1-3H2,(H,6,7)/t4-/m0/s1. The van der Waals surface area contributed by atoms with Gasteiger partial charge in [-0.05, 0) is 6.42 Å². The van der Waals surface area contributed by atoms with Crippen LogP contribution in [0.5, 0.6) is 0 Å². The average Bonchev–Trinajstić information content (AvgIpc) is 2.15. The number of ether oxygens (including phenoxy) is 2. The third-order valence-electron chi connectivity index (χ3n) is 1.12. The zero-order valence-electron chi connectivity index (χ0n) is 4.87. The summed E-state index contributed by atoms with van der Waals surface area (Å²) in [7, 11) is 0. The van der Waals surface area contributed by atoms with Gasteiger partial charge >= 0.3 is 6.16 Å².